The maximum Gasteiger partial charge on any atom is 0.410 e. The minimum Gasteiger partial charge on any atom is -0.443 e. The van der Waals surface area contributed by atoms with E-state index in [-0.39, 0.29) is 24.3 Å². The van der Waals surface area contributed by atoms with Gasteiger partial charge in [-0.3, -0.25) is 4.79 Å². The van der Waals surface area contributed by atoms with Gasteiger partial charge in [-0.25, -0.2) is 4.79 Å². The number of pyridine rings is 1. The molecule has 2 atom stereocenters. The zero-order valence-corrected chi connectivity index (χ0v) is 15.8. The minimum atomic E-state index is -0.496. The third-order valence-electron chi connectivity index (χ3n) is 5.29. The summed E-state index contributed by atoms with van der Waals surface area (Å²) in [6.07, 6.45) is 3.43. The zero-order chi connectivity index (χ0) is 19.4. The first-order chi connectivity index (χ1) is 12.9. The van der Waals surface area contributed by atoms with E-state index in [2.05, 4.69) is 4.98 Å². The summed E-state index contributed by atoms with van der Waals surface area (Å²) in [5.74, 6) is 0. The van der Waals surface area contributed by atoms with Crippen molar-refractivity contribution in [1.29, 1.82) is 0 Å². The Kier molecular flexibility index (Phi) is 5.65. The number of aromatic amines is 1. The van der Waals surface area contributed by atoms with E-state index >= 15 is 0 Å². The number of aromatic nitrogens is 1. The van der Waals surface area contributed by atoms with Gasteiger partial charge in [0, 0.05) is 31.8 Å². The first kappa shape index (κ1) is 19.2. The summed E-state index contributed by atoms with van der Waals surface area (Å²) < 4.78 is 5.68. The Morgan fingerprint density at radius 3 is 2.48 bits per heavy atom. The Hall–Kier alpha value is -2.60. The molecule has 0 aliphatic carbocycles. The van der Waals surface area contributed by atoms with Crippen LogP contribution in [0.15, 0.2) is 47.4 Å². The highest BCUT2D eigenvalue weighted by Gasteiger charge is 2.38. The number of H-pyrrole nitrogens is 1. The predicted molar refractivity (Wildman–Crippen MR) is 103 cm³/mol. The van der Waals surface area contributed by atoms with Gasteiger partial charge in [0.05, 0.1) is 6.04 Å². The number of hydrogen-bond donors (Lipinski definition) is 2. The van der Waals surface area contributed by atoms with Gasteiger partial charge >= 0.3 is 6.09 Å². The highest BCUT2D eigenvalue weighted by molar-refractivity contribution is 5.70. The summed E-state index contributed by atoms with van der Waals surface area (Å²) in [7, 11) is 0. The van der Waals surface area contributed by atoms with Crippen molar-refractivity contribution in [3.63, 3.8) is 0 Å². The molecule has 2 aromatic rings. The number of aliphatic hydroxyl groups is 1. The van der Waals surface area contributed by atoms with Gasteiger partial charge < -0.3 is 19.7 Å². The van der Waals surface area contributed by atoms with Crippen molar-refractivity contribution in [2.75, 3.05) is 13.2 Å². The summed E-state index contributed by atoms with van der Waals surface area (Å²) in [6.45, 7) is 4.66. The SMILES string of the molecule is C[C@@H](c1ccc(-c2ccc(=O)[nH]c2)cc1)N1CC[C@@](C)(CCCO)OC1=O. The van der Waals surface area contributed by atoms with E-state index in [0.29, 0.717) is 19.4 Å². The van der Waals surface area contributed by atoms with Gasteiger partial charge in [-0.2, -0.15) is 0 Å². The number of ether oxygens (including phenoxy) is 1. The van der Waals surface area contributed by atoms with Crippen LogP contribution in [0.1, 0.15) is 44.7 Å². The molecular formula is C21H26N2O4. The zero-order valence-electron chi connectivity index (χ0n) is 15.8. The Balaban J connectivity index is 1.69. The second-order valence-electron chi connectivity index (χ2n) is 7.33. The van der Waals surface area contributed by atoms with Gasteiger partial charge in [-0.05, 0) is 49.4 Å². The molecular weight excluding hydrogens is 344 g/mol. The smallest absolute Gasteiger partial charge is 0.410 e. The van der Waals surface area contributed by atoms with Crippen LogP contribution in [0.25, 0.3) is 11.1 Å². The van der Waals surface area contributed by atoms with Crippen LogP contribution in [-0.2, 0) is 4.74 Å². The lowest BCUT2D eigenvalue weighted by atomic mass is 9.93. The van der Waals surface area contributed by atoms with Crippen molar-refractivity contribution in [2.24, 2.45) is 0 Å². The summed E-state index contributed by atoms with van der Waals surface area (Å²) >= 11 is 0. The van der Waals surface area contributed by atoms with E-state index in [0.717, 1.165) is 23.1 Å². The number of nitrogens with zero attached hydrogens (tertiary/aromatic N) is 1. The van der Waals surface area contributed by atoms with E-state index in [1.165, 1.54) is 6.07 Å². The van der Waals surface area contributed by atoms with Crippen molar-refractivity contribution in [2.45, 2.75) is 44.8 Å². The number of rotatable bonds is 6. The maximum absolute atomic E-state index is 12.5. The first-order valence-electron chi connectivity index (χ1n) is 9.31. The van der Waals surface area contributed by atoms with Crippen LogP contribution in [0.3, 0.4) is 0 Å². The highest BCUT2D eigenvalue weighted by Crippen LogP contribution is 2.33. The van der Waals surface area contributed by atoms with E-state index in [1.807, 2.05) is 38.1 Å². The van der Waals surface area contributed by atoms with Crippen LogP contribution in [0.2, 0.25) is 0 Å². The Morgan fingerprint density at radius 2 is 1.89 bits per heavy atom. The Labute approximate surface area is 158 Å². The summed E-state index contributed by atoms with van der Waals surface area (Å²) in [5, 5.41) is 9.02. The van der Waals surface area contributed by atoms with Crippen molar-refractivity contribution in [1.82, 2.24) is 9.88 Å². The van der Waals surface area contributed by atoms with Crippen LogP contribution >= 0.6 is 0 Å². The van der Waals surface area contributed by atoms with Crippen LogP contribution in [0.4, 0.5) is 4.79 Å². The molecule has 144 valence electrons. The van der Waals surface area contributed by atoms with Gasteiger partial charge in [0.25, 0.3) is 0 Å². The molecule has 1 aliphatic rings. The molecule has 1 aliphatic heterocycles. The molecule has 0 unspecified atom stereocenters. The average molecular weight is 370 g/mol. The van der Waals surface area contributed by atoms with Crippen LogP contribution in [0, 0.1) is 0 Å². The summed E-state index contributed by atoms with van der Waals surface area (Å²) in [6, 6.07) is 11.2. The van der Waals surface area contributed by atoms with E-state index in [9.17, 15) is 9.59 Å². The first-order valence-corrected chi connectivity index (χ1v) is 9.31. The number of hydrogen-bond acceptors (Lipinski definition) is 4. The van der Waals surface area contributed by atoms with Crippen molar-refractivity contribution >= 4 is 6.09 Å². The molecule has 0 saturated carbocycles. The van der Waals surface area contributed by atoms with Crippen LogP contribution in [0.5, 0.6) is 0 Å². The molecule has 6 nitrogen and oxygen atoms in total. The van der Waals surface area contributed by atoms with Gasteiger partial charge in [-0.15, -0.1) is 0 Å². The third kappa shape index (κ3) is 4.39. The monoisotopic (exact) mass is 370 g/mol. The van der Waals surface area contributed by atoms with Gasteiger partial charge in [0.15, 0.2) is 0 Å². The summed E-state index contributed by atoms with van der Waals surface area (Å²) in [4.78, 5) is 28.1. The maximum atomic E-state index is 12.5. The van der Waals surface area contributed by atoms with E-state index in [1.54, 1.807) is 17.2 Å². The molecule has 0 spiro atoms. The molecule has 1 fully saturated rings. The number of cyclic esters (lactones) is 1. The van der Waals surface area contributed by atoms with Crippen molar-refractivity contribution < 1.29 is 14.6 Å². The topological polar surface area (TPSA) is 82.6 Å². The molecule has 27 heavy (non-hydrogen) atoms. The van der Waals surface area contributed by atoms with E-state index in [4.69, 9.17) is 9.84 Å². The Bertz CT molecular complexity index is 826. The lowest BCUT2D eigenvalue weighted by Gasteiger charge is -2.41. The molecule has 2 N–H and O–H groups in total. The largest absolute Gasteiger partial charge is 0.443 e. The molecule has 1 aromatic heterocycles. The third-order valence-corrected chi connectivity index (χ3v) is 5.29. The van der Waals surface area contributed by atoms with Crippen LogP contribution < -0.4 is 5.56 Å². The number of amides is 1. The van der Waals surface area contributed by atoms with Crippen molar-refractivity contribution in [3.05, 3.63) is 58.5 Å². The predicted octanol–water partition coefficient (Wildman–Crippen LogP) is 3.48. The molecule has 1 aromatic carbocycles. The quantitative estimate of drug-likeness (QED) is 0.816. The molecule has 1 saturated heterocycles. The molecule has 3 rings (SSSR count). The van der Waals surface area contributed by atoms with Crippen LogP contribution in [-0.4, -0.2) is 39.8 Å². The number of nitrogens with one attached hydrogen (secondary N) is 1. The minimum absolute atomic E-state index is 0.0930. The van der Waals surface area contributed by atoms with Gasteiger partial charge in [-0.1, -0.05) is 24.3 Å². The lowest BCUT2D eigenvalue weighted by Crippen LogP contribution is -2.48. The van der Waals surface area contributed by atoms with Crippen molar-refractivity contribution in [3.8, 4) is 11.1 Å². The fraction of sp³-hybridized carbons (Fsp3) is 0.429. The number of aliphatic hydroxyl groups excluding tert-OH is 1. The lowest BCUT2D eigenvalue weighted by molar-refractivity contribution is -0.0521. The average Bonchev–Trinajstić information content (AvgIpc) is 2.67. The molecule has 1 amide bonds. The fourth-order valence-corrected chi connectivity index (χ4v) is 3.47. The standard InChI is InChI=1S/C21H26N2O4/c1-15(23-12-11-21(2,10-3-13-24)27-20(23)26)16-4-6-17(7-5-16)18-8-9-19(25)22-14-18/h4-9,14-15,24H,3,10-13H2,1-2H3,(H,22,25)/t15-,21+/m0/s1. The second kappa shape index (κ2) is 7.96. The Morgan fingerprint density at radius 1 is 1.19 bits per heavy atom. The normalized spacial score (nSPS) is 21.0. The molecule has 2 heterocycles. The number of benzene rings is 1. The van der Waals surface area contributed by atoms with Gasteiger partial charge in [0.2, 0.25) is 5.56 Å². The number of carbonyl (C=O) groups excluding carboxylic acids is 1. The van der Waals surface area contributed by atoms with Gasteiger partial charge in [0.1, 0.15) is 5.60 Å². The second-order valence-corrected chi connectivity index (χ2v) is 7.33. The number of carbonyl (C=O) groups is 1. The summed E-state index contributed by atoms with van der Waals surface area (Å²) in [5.41, 5.74) is 2.34. The fourth-order valence-electron chi connectivity index (χ4n) is 3.47. The highest BCUT2D eigenvalue weighted by atomic mass is 16.6. The molecule has 0 bridgehead atoms. The molecule has 6 heteroatoms. The van der Waals surface area contributed by atoms with E-state index < -0.39 is 5.60 Å². The molecule has 0 radical (unpaired) electrons.